The zero-order chi connectivity index (χ0) is 14.5. The molecule has 0 amide bonds. The molecule has 0 radical (unpaired) electrons. The van der Waals surface area contributed by atoms with Gasteiger partial charge in [0.25, 0.3) is 0 Å². The van der Waals surface area contributed by atoms with Crippen molar-refractivity contribution in [1.29, 1.82) is 0 Å². The summed E-state index contributed by atoms with van der Waals surface area (Å²) in [6.07, 6.45) is 3.45. The summed E-state index contributed by atoms with van der Waals surface area (Å²) in [5, 5.41) is 0. The number of nitrogens with zero attached hydrogens (tertiary/aromatic N) is 1. The highest BCUT2D eigenvalue weighted by atomic mass is 16.5. The highest BCUT2D eigenvalue weighted by molar-refractivity contribution is 5.27. The Bertz CT molecular complexity index is 404. The Balaban J connectivity index is 1.96. The van der Waals surface area contributed by atoms with Crippen LogP contribution in [0.2, 0.25) is 0 Å². The quantitative estimate of drug-likeness (QED) is 0.898. The third kappa shape index (κ3) is 3.97. The summed E-state index contributed by atoms with van der Waals surface area (Å²) in [7, 11) is 1.71. The molecule has 1 aliphatic rings. The predicted molar refractivity (Wildman–Crippen MR) is 84.1 cm³/mol. The highest BCUT2D eigenvalue weighted by Gasteiger charge is 2.27. The molecule has 0 spiro atoms. The van der Waals surface area contributed by atoms with Crippen molar-refractivity contribution in [3.63, 3.8) is 0 Å². The first-order chi connectivity index (χ1) is 9.62. The summed E-state index contributed by atoms with van der Waals surface area (Å²) in [5.74, 6) is 1.59. The van der Waals surface area contributed by atoms with Gasteiger partial charge in [-0.05, 0) is 49.8 Å². The summed E-state index contributed by atoms with van der Waals surface area (Å²) < 4.78 is 5.21. The smallest absolute Gasteiger partial charge is 0.118 e. The number of nitrogens with two attached hydrogens (primary N) is 1. The molecule has 0 aliphatic carbocycles. The molecule has 3 unspecified atom stereocenters. The molecule has 0 aromatic heterocycles. The van der Waals surface area contributed by atoms with Gasteiger partial charge in [-0.2, -0.15) is 0 Å². The number of rotatable bonds is 5. The van der Waals surface area contributed by atoms with Crippen molar-refractivity contribution in [2.24, 2.45) is 11.7 Å². The van der Waals surface area contributed by atoms with E-state index in [1.807, 2.05) is 12.1 Å². The lowest BCUT2D eigenvalue weighted by Gasteiger charge is -2.39. The first-order valence-electron chi connectivity index (χ1n) is 7.75. The first kappa shape index (κ1) is 15.3. The van der Waals surface area contributed by atoms with E-state index in [1.165, 1.54) is 18.5 Å². The van der Waals surface area contributed by atoms with Crippen molar-refractivity contribution in [2.45, 2.75) is 45.2 Å². The van der Waals surface area contributed by atoms with Gasteiger partial charge in [0.2, 0.25) is 0 Å². The fraction of sp³-hybridized carbons (Fsp3) is 0.647. The van der Waals surface area contributed by atoms with Crippen LogP contribution in [0.1, 0.15) is 32.3 Å². The van der Waals surface area contributed by atoms with Crippen LogP contribution in [0.4, 0.5) is 0 Å². The van der Waals surface area contributed by atoms with E-state index in [1.54, 1.807) is 7.11 Å². The number of hydrogen-bond acceptors (Lipinski definition) is 3. The number of hydrogen-bond donors (Lipinski definition) is 1. The molecule has 2 N–H and O–H groups in total. The molecule has 3 nitrogen and oxygen atoms in total. The Morgan fingerprint density at radius 1 is 1.30 bits per heavy atom. The molecule has 0 bridgehead atoms. The minimum Gasteiger partial charge on any atom is -0.497 e. The number of likely N-dealkylation sites (tertiary alicyclic amines) is 1. The highest BCUT2D eigenvalue weighted by Crippen LogP contribution is 2.23. The molecule has 2 rings (SSSR count). The third-order valence-corrected chi connectivity index (χ3v) is 4.50. The molecular weight excluding hydrogens is 248 g/mol. The van der Waals surface area contributed by atoms with Crippen LogP contribution in [-0.4, -0.2) is 37.2 Å². The minimum absolute atomic E-state index is 0.320. The minimum atomic E-state index is 0.320. The first-order valence-corrected chi connectivity index (χ1v) is 7.75. The van der Waals surface area contributed by atoms with Crippen molar-refractivity contribution in [3.05, 3.63) is 29.8 Å². The van der Waals surface area contributed by atoms with E-state index in [4.69, 9.17) is 10.5 Å². The molecule has 1 aromatic carbocycles. The molecule has 0 saturated carbocycles. The fourth-order valence-corrected chi connectivity index (χ4v) is 3.15. The fourth-order valence-electron chi connectivity index (χ4n) is 3.15. The number of benzene rings is 1. The molecule has 20 heavy (non-hydrogen) atoms. The lowest BCUT2D eigenvalue weighted by atomic mass is 9.88. The van der Waals surface area contributed by atoms with Gasteiger partial charge in [0.1, 0.15) is 5.75 Å². The van der Waals surface area contributed by atoms with Crippen LogP contribution in [0.5, 0.6) is 5.75 Å². The molecule has 1 aromatic rings. The Kier molecular flexibility index (Phi) is 5.44. The monoisotopic (exact) mass is 276 g/mol. The van der Waals surface area contributed by atoms with Crippen molar-refractivity contribution in [2.75, 3.05) is 20.2 Å². The molecule has 112 valence electrons. The summed E-state index contributed by atoms with van der Waals surface area (Å²) >= 11 is 0. The molecule has 1 saturated heterocycles. The van der Waals surface area contributed by atoms with E-state index in [0.717, 1.165) is 25.1 Å². The van der Waals surface area contributed by atoms with E-state index >= 15 is 0 Å². The van der Waals surface area contributed by atoms with Gasteiger partial charge in [-0.1, -0.05) is 19.1 Å². The second kappa shape index (κ2) is 7.09. The van der Waals surface area contributed by atoms with Crippen LogP contribution < -0.4 is 10.5 Å². The van der Waals surface area contributed by atoms with Gasteiger partial charge in [0.15, 0.2) is 0 Å². The molecular formula is C17H28N2O. The average Bonchev–Trinajstić information content (AvgIpc) is 2.46. The van der Waals surface area contributed by atoms with Crippen LogP contribution >= 0.6 is 0 Å². The van der Waals surface area contributed by atoms with E-state index < -0.39 is 0 Å². The number of ether oxygens (including phenoxy) is 1. The Morgan fingerprint density at radius 3 is 2.60 bits per heavy atom. The zero-order valence-corrected chi connectivity index (χ0v) is 13.0. The van der Waals surface area contributed by atoms with Crippen LogP contribution in [0, 0.1) is 5.92 Å². The van der Waals surface area contributed by atoms with Gasteiger partial charge < -0.3 is 10.5 Å². The van der Waals surface area contributed by atoms with Gasteiger partial charge in [0.05, 0.1) is 7.11 Å². The summed E-state index contributed by atoms with van der Waals surface area (Å²) in [6, 6.07) is 9.40. The normalized spacial score (nSPS) is 25.4. The van der Waals surface area contributed by atoms with E-state index in [2.05, 4.69) is 30.9 Å². The predicted octanol–water partition coefficient (Wildman–Crippen LogP) is 2.69. The second-order valence-corrected chi connectivity index (χ2v) is 6.13. The lowest BCUT2D eigenvalue weighted by molar-refractivity contribution is 0.114. The van der Waals surface area contributed by atoms with Crippen LogP contribution in [0.15, 0.2) is 24.3 Å². The zero-order valence-electron chi connectivity index (χ0n) is 13.0. The van der Waals surface area contributed by atoms with Gasteiger partial charge in [-0.15, -0.1) is 0 Å². The maximum Gasteiger partial charge on any atom is 0.118 e. The Labute approximate surface area is 123 Å². The van der Waals surface area contributed by atoms with Gasteiger partial charge in [-0.25, -0.2) is 0 Å². The third-order valence-electron chi connectivity index (χ3n) is 4.50. The summed E-state index contributed by atoms with van der Waals surface area (Å²) in [4.78, 5) is 2.56. The van der Waals surface area contributed by atoms with Gasteiger partial charge in [-0.3, -0.25) is 4.90 Å². The molecule has 3 heteroatoms. The van der Waals surface area contributed by atoms with Crippen molar-refractivity contribution < 1.29 is 4.74 Å². The standard InChI is InChI=1S/C17H28N2O/c1-4-13(2)19-11-15(10-16(18)12-19)9-14-5-7-17(20-3)8-6-14/h5-8,13,15-16H,4,9-12,18H2,1-3H3. The van der Waals surface area contributed by atoms with Crippen molar-refractivity contribution >= 4 is 0 Å². The van der Waals surface area contributed by atoms with E-state index in [0.29, 0.717) is 18.0 Å². The Morgan fingerprint density at radius 2 is 2.00 bits per heavy atom. The number of piperidine rings is 1. The molecule has 3 atom stereocenters. The topological polar surface area (TPSA) is 38.5 Å². The number of methoxy groups -OCH3 is 1. The molecule has 1 heterocycles. The average molecular weight is 276 g/mol. The lowest BCUT2D eigenvalue weighted by Crippen LogP contribution is -2.50. The van der Waals surface area contributed by atoms with Crippen LogP contribution in [0.3, 0.4) is 0 Å². The van der Waals surface area contributed by atoms with Crippen LogP contribution in [-0.2, 0) is 6.42 Å². The van der Waals surface area contributed by atoms with E-state index in [-0.39, 0.29) is 0 Å². The summed E-state index contributed by atoms with van der Waals surface area (Å²) in [6.45, 7) is 6.79. The van der Waals surface area contributed by atoms with Crippen molar-refractivity contribution in [3.8, 4) is 5.75 Å². The van der Waals surface area contributed by atoms with Gasteiger partial charge >= 0.3 is 0 Å². The van der Waals surface area contributed by atoms with E-state index in [9.17, 15) is 0 Å². The Hall–Kier alpha value is -1.06. The largest absolute Gasteiger partial charge is 0.497 e. The maximum atomic E-state index is 6.25. The maximum absolute atomic E-state index is 6.25. The summed E-state index contributed by atoms with van der Waals surface area (Å²) in [5.41, 5.74) is 7.63. The van der Waals surface area contributed by atoms with Crippen LogP contribution in [0.25, 0.3) is 0 Å². The van der Waals surface area contributed by atoms with Crippen molar-refractivity contribution in [1.82, 2.24) is 4.90 Å². The SMILES string of the molecule is CCC(C)N1CC(N)CC(Cc2ccc(OC)cc2)C1. The van der Waals surface area contributed by atoms with Gasteiger partial charge in [0, 0.05) is 25.2 Å². The molecule has 1 aliphatic heterocycles. The second-order valence-electron chi connectivity index (χ2n) is 6.13. The molecule has 1 fully saturated rings.